The summed E-state index contributed by atoms with van der Waals surface area (Å²) in [5.74, 6) is -0.972. The van der Waals surface area contributed by atoms with Gasteiger partial charge in [-0.05, 0) is 37.0 Å². The standard InChI is InChI=1S/C13H13N3O3S/c1-8-5-3-4-6-10(8)14-11(17)7-19-13(18)12-9(2)15-16-20-12/h3-6H,7H2,1-2H3,(H,14,17). The Labute approximate surface area is 119 Å². The highest BCUT2D eigenvalue weighted by Crippen LogP contribution is 2.13. The third kappa shape index (κ3) is 3.39. The molecular weight excluding hydrogens is 278 g/mol. The summed E-state index contributed by atoms with van der Waals surface area (Å²) in [5.41, 5.74) is 2.14. The van der Waals surface area contributed by atoms with E-state index < -0.39 is 5.97 Å². The number of carbonyl (C=O) groups excluding carboxylic acids is 2. The molecule has 2 aromatic rings. The summed E-state index contributed by atoms with van der Waals surface area (Å²) in [6, 6.07) is 7.37. The van der Waals surface area contributed by atoms with Crippen molar-refractivity contribution in [2.24, 2.45) is 0 Å². The molecule has 1 aromatic heterocycles. The number of carbonyl (C=O) groups is 2. The second-order valence-electron chi connectivity index (χ2n) is 4.13. The number of para-hydroxylation sites is 1. The highest BCUT2D eigenvalue weighted by atomic mass is 32.1. The fourth-order valence-corrected chi connectivity index (χ4v) is 2.07. The summed E-state index contributed by atoms with van der Waals surface area (Å²) in [6.45, 7) is 3.20. The highest BCUT2D eigenvalue weighted by molar-refractivity contribution is 7.07. The zero-order chi connectivity index (χ0) is 14.5. The van der Waals surface area contributed by atoms with E-state index >= 15 is 0 Å². The molecule has 0 fully saturated rings. The van der Waals surface area contributed by atoms with Crippen LogP contribution >= 0.6 is 11.5 Å². The van der Waals surface area contributed by atoms with Crippen molar-refractivity contribution in [2.75, 3.05) is 11.9 Å². The van der Waals surface area contributed by atoms with Gasteiger partial charge in [-0.15, -0.1) is 5.10 Å². The second kappa shape index (κ2) is 6.25. The van der Waals surface area contributed by atoms with Crippen LogP contribution in [0.2, 0.25) is 0 Å². The van der Waals surface area contributed by atoms with E-state index in [1.54, 1.807) is 13.0 Å². The lowest BCUT2D eigenvalue weighted by molar-refractivity contribution is -0.119. The monoisotopic (exact) mass is 291 g/mol. The zero-order valence-electron chi connectivity index (χ0n) is 11.0. The number of nitrogens with one attached hydrogen (secondary N) is 1. The largest absolute Gasteiger partial charge is 0.451 e. The van der Waals surface area contributed by atoms with Gasteiger partial charge in [0.05, 0.1) is 5.69 Å². The van der Waals surface area contributed by atoms with Gasteiger partial charge in [0.15, 0.2) is 11.5 Å². The molecule has 0 unspecified atom stereocenters. The predicted molar refractivity (Wildman–Crippen MR) is 74.7 cm³/mol. The third-order valence-corrected chi connectivity index (χ3v) is 3.40. The molecule has 1 aromatic carbocycles. The van der Waals surface area contributed by atoms with Gasteiger partial charge < -0.3 is 10.1 Å². The van der Waals surface area contributed by atoms with E-state index in [2.05, 4.69) is 14.9 Å². The molecule has 6 nitrogen and oxygen atoms in total. The Morgan fingerprint density at radius 2 is 2.05 bits per heavy atom. The molecule has 104 valence electrons. The Hall–Kier alpha value is -2.28. The van der Waals surface area contributed by atoms with Crippen molar-refractivity contribution in [1.29, 1.82) is 0 Å². The van der Waals surface area contributed by atoms with Gasteiger partial charge in [0.2, 0.25) is 0 Å². The first-order chi connectivity index (χ1) is 9.58. The van der Waals surface area contributed by atoms with Crippen molar-refractivity contribution < 1.29 is 14.3 Å². The van der Waals surface area contributed by atoms with Crippen molar-refractivity contribution >= 4 is 29.1 Å². The average molecular weight is 291 g/mol. The van der Waals surface area contributed by atoms with E-state index in [1.165, 1.54) is 0 Å². The Morgan fingerprint density at radius 3 is 2.70 bits per heavy atom. The molecule has 0 aliphatic heterocycles. The molecule has 0 saturated heterocycles. The topological polar surface area (TPSA) is 81.2 Å². The summed E-state index contributed by atoms with van der Waals surface area (Å²) < 4.78 is 8.56. The molecule has 0 bridgehead atoms. The minimum Gasteiger partial charge on any atom is -0.451 e. The summed E-state index contributed by atoms with van der Waals surface area (Å²) in [4.78, 5) is 23.7. The Balaban J connectivity index is 1.89. The van der Waals surface area contributed by atoms with Gasteiger partial charge in [0, 0.05) is 5.69 Å². The third-order valence-electron chi connectivity index (χ3n) is 2.59. The smallest absolute Gasteiger partial charge is 0.352 e. The van der Waals surface area contributed by atoms with Gasteiger partial charge in [-0.1, -0.05) is 22.7 Å². The van der Waals surface area contributed by atoms with Gasteiger partial charge in [-0.3, -0.25) is 4.79 Å². The van der Waals surface area contributed by atoms with Gasteiger partial charge in [-0.2, -0.15) is 0 Å². The van der Waals surface area contributed by atoms with Gasteiger partial charge in [0.1, 0.15) is 0 Å². The number of aromatic nitrogens is 2. The molecule has 7 heteroatoms. The molecule has 20 heavy (non-hydrogen) atoms. The van der Waals surface area contributed by atoms with Crippen LogP contribution in [-0.2, 0) is 9.53 Å². The minimum atomic E-state index is -0.586. The van der Waals surface area contributed by atoms with E-state index in [-0.39, 0.29) is 12.5 Å². The van der Waals surface area contributed by atoms with Crippen molar-refractivity contribution in [3.63, 3.8) is 0 Å². The van der Waals surface area contributed by atoms with E-state index in [1.807, 2.05) is 25.1 Å². The normalized spacial score (nSPS) is 10.1. The number of esters is 1. The molecule has 0 radical (unpaired) electrons. The van der Waals surface area contributed by atoms with Crippen LogP contribution in [0.5, 0.6) is 0 Å². The Morgan fingerprint density at radius 1 is 1.30 bits per heavy atom. The number of nitrogens with zero attached hydrogens (tertiary/aromatic N) is 2. The van der Waals surface area contributed by atoms with Crippen molar-refractivity contribution in [3.8, 4) is 0 Å². The van der Waals surface area contributed by atoms with Crippen LogP contribution in [0.1, 0.15) is 20.9 Å². The fourth-order valence-electron chi connectivity index (χ4n) is 1.51. The summed E-state index contributed by atoms with van der Waals surface area (Å²) in [6.07, 6.45) is 0. The van der Waals surface area contributed by atoms with Crippen LogP contribution < -0.4 is 5.32 Å². The van der Waals surface area contributed by atoms with Gasteiger partial charge in [0.25, 0.3) is 5.91 Å². The molecule has 0 atom stereocenters. The van der Waals surface area contributed by atoms with Crippen molar-refractivity contribution in [1.82, 2.24) is 9.59 Å². The Bertz CT molecular complexity index is 639. The molecule has 0 aliphatic rings. The van der Waals surface area contributed by atoms with Crippen molar-refractivity contribution in [3.05, 3.63) is 40.4 Å². The maximum atomic E-state index is 11.7. The second-order valence-corrected chi connectivity index (χ2v) is 4.88. The van der Waals surface area contributed by atoms with E-state index in [4.69, 9.17) is 4.74 Å². The summed E-state index contributed by atoms with van der Waals surface area (Å²) in [5, 5.41) is 6.39. The van der Waals surface area contributed by atoms with Crippen LogP contribution in [0.15, 0.2) is 24.3 Å². The number of amides is 1. The number of anilines is 1. The first-order valence-electron chi connectivity index (χ1n) is 5.89. The maximum absolute atomic E-state index is 11.7. The number of rotatable bonds is 4. The molecular formula is C13H13N3O3S. The molecule has 0 saturated carbocycles. The number of hydrogen-bond donors (Lipinski definition) is 1. The lowest BCUT2D eigenvalue weighted by Gasteiger charge is -2.08. The predicted octanol–water partition coefficient (Wildman–Crippen LogP) is 1.95. The maximum Gasteiger partial charge on any atom is 0.352 e. The summed E-state index contributed by atoms with van der Waals surface area (Å²) in [7, 11) is 0. The van der Waals surface area contributed by atoms with E-state index in [9.17, 15) is 9.59 Å². The van der Waals surface area contributed by atoms with E-state index in [0.717, 1.165) is 17.1 Å². The van der Waals surface area contributed by atoms with Crippen LogP contribution in [0.4, 0.5) is 5.69 Å². The minimum absolute atomic E-state index is 0.314. The van der Waals surface area contributed by atoms with Crippen LogP contribution in [0.25, 0.3) is 0 Å². The average Bonchev–Trinajstić information content (AvgIpc) is 2.85. The Kier molecular flexibility index (Phi) is 4.41. The molecule has 1 N–H and O–H groups in total. The molecule has 1 amide bonds. The quantitative estimate of drug-likeness (QED) is 0.871. The molecule has 0 aliphatic carbocycles. The first kappa shape index (κ1) is 14.1. The van der Waals surface area contributed by atoms with Crippen LogP contribution in [0, 0.1) is 13.8 Å². The van der Waals surface area contributed by atoms with Gasteiger partial charge in [-0.25, -0.2) is 4.79 Å². The lowest BCUT2D eigenvalue weighted by atomic mass is 10.2. The van der Waals surface area contributed by atoms with E-state index in [0.29, 0.717) is 16.3 Å². The number of ether oxygens (including phenoxy) is 1. The van der Waals surface area contributed by atoms with Crippen LogP contribution in [0.3, 0.4) is 0 Å². The number of hydrogen-bond acceptors (Lipinski definition) is 6. The lowest BCUT2D eigenvalue weighted by Crippen LogP contribution is -2.21. The first-order valence-corrected chi connectivity index (χ1v) is 6.67. The zero-order valence-corrected chi connectivity index (χ0v) is 11.9. The molecule has 1 heterocycles. The highest BCUT2D eigenvalue weighted by Gasteiger charge is 2.16. The number of benzene rings is 1. The number of aryl methyl sites for hydroxylation is 2. The fraction of sp³-hybridized carbons (Fsp3) is 0.231. The van der Waals surface area contributed by atoms with Gasteiger partial charge >= 0.3 is 5.97 Å². The molecule has 2 rings (SSSR count). The SMILES string of the molecule is Cc1ccccc1NC(=O)COC(=O)c1snnc1C. The molecule has 0 spiro atoms. The summed E-state index contributed by atoms with van der Waals surface area (Å²) >= 11 is 0.948. The van der Waals surface area contributed by atoms with Crippen LogP contribution in [-0.4, -0.2) is 28.1 Å². The van der Waals surface area contributed by atoms with Crippen molar-refractivity contribution in [2.45, 2.75) is 13.8 Å².